The molecule has 1 amide bonds. The average molecular weight is 351 g/mol. The standard InChI is InChI=1S/C18H30N4OS/c1-4-19-18(21-12-16-8-7-15(3)24-16)20-10-9-17(23)22-11-5-6-14(2)13-22/h7-8,14H,4-6,9-13H2,1-3H3,(H2,19,20,21). The molecule has 1 aliphatic heterocycles. The maximum atomic E-state index is 12.3. The van der Waals surface area contributed by atoms with Gasteiger partial charge in [-0.2, -0.15) is 0 Å². The number of rotatable bonds is 6. The van der Waals surface area contributed by atoms with Gasteiger partial charge >= 0.3 is 0 Å². The van der Waals surface area contributed by atoms with Crippen molar-refractivity contribution in [1.29, 1.82) is 0 Å². The van der Waals surface area contributed by atoms with Crippen LogP contribution in [0.25, 0.3) is 0 Å². The molecule has 2 N–H and O–H groups in total. The fourth-order valence-electron chi connectivity index (χ4n) is 2.93. The highest BCUT2D eigenvalue weighted by molar-refractivity contribution is 7.11. The fourth-order valence-corrected chi connectivity index (χ4v) is 3.75. The van der Waals surface area contributed by atoms with Crippen molar-refractivity contribution in [2.45, 2.75) is 46.6 Å². The summed E-state index contributed by atoms with van der Waals surface area (Å²) in [6, 6.07) is 4.24. The second-order valence-electron chi connectivity index (χ2n) is 6.47. The summed E-state index contributed by atoms with van der Waals surface area (Å²) in [6.07, 6.45) is 2.89. The number of likely N-dealkylation sites (tertiary alicyclic amines) is 1. The number of nitrogens with one attached hydrogen (secondary N) is 2. The lowest BCUT2D eigenvalue weighted by Gasteiger charge is -2.31. The molecule has 1 aromatic heterocycles. The van der Waals surface area contributed by atoms with Crippen LogP contribution in [0.1, 0.15) is 42.9 Å². The lowest BCUT2D eigenvalue weighted by atomic mass is 10.00. The molecule has 1 aliphatic rings. The van der Waals surface area contributed by atoms with Gasteiger partial charge in [0.15, 0.2) is 5.96 Å². The Balaban J connectivity index is 1.77. The van der Waals surface area contributed by atoms with Gasteiger partial charge in [0.25, 0.3) is 0 Å². The predicted molar refractivity (Wildman–Crippen MR) is 101 cm³/mol. The molecule has 1 aromatic rings. The smallest absolute Gasteiger partial charge is 0.224 e. The highest BCUT2D eigenvalue weighted by Crippen LogP contribution is 2.16. The van der Waals surface area contributed by atoms with Gasteiger partial charge in [0.1, 0.15) is 0 Å². The minimum Gasteiger partial charge on any atom is -0.357 e. The number of thiophene rings is 1. The molecular formula is C18H30N4OS. The Morgan fingerprint density at radius 3 is 2.92 bits per heavy atom. The summed E-state index contributed by atoms with van der Waals surface area (Å²) in [5.74, 6) is 1.66. The van der Waals surface area contributed by atoms with Crippen LogP contribution < -0.4 is 10.6 Å². The first-order valence-electron chi connectivity index (χ1n) is 8.93. The van der Waals surface area contributed by atoms with Crippen LogP contribution in [0.3, 0.4) is 0 Å². The SMILES string of the molecule is CCNC(=NCc1ccc(C)s1)NCCC(=O)N1CCCC(C)C1. The second-order valence-corrected chi connectivity index (χ2v) is 7.84. The maximum absolute atomic E-state index is 12.3. The fraction of sp³-hybridized carbons (Fsp3) is 0.667. The molecule has 0 saturated carbocycles. The molecule has 24 heavy (non-hydrogen) atoms. The van der Waals surface area contributed by atoms with Crippen molar-refractivity contribution in [3.63, 3.8) is 0 Å². The van der Waals surface area contributed by atoms with Gasteiger partial charge in [0.2, 0.25) is 5.91 Å². The van der Waals surface area contributed by atoms with E-state index >= 15 is 0 Å². The van der Waals surface area contributed by atoms with E-state index in [-0.39, 0.29) is 5.91 Å². The van der Waals surface area contributed by atoms with Crippen molar-refractivity contribution in [2.75, 3.05) is 26.2 Å². The zero-order chi connectivity index (χ0) is 17.4. The Hall–Kier alpha value is -1.56. The lowest BCUT2D eigenvalue weighted by molar-refractivity contribution is -0.132. The quantitative estimate of drug-likeness (QED) is 0.613. The Bertz CT molecular complexity index is 555. The van der Waals surface area contributed by atoms with Crippen LogP contribution in [-0.2, 0) is 11.3 Å². The van der Waals surface area contributed by atoms with Crippen molar-refractivity contribution in [3.05, 3.63) is 21.9 Å². The number of carbonyl (C=O) groups excluding carboxylic acids is 1. The van der Waals surface area contributed by atoms with Crippen LogP contribution in [0.2, 0.25) is 0 Å². The molecule has 0 aliphatic carbocycles. The van der Waals surface area contributed by atoms with Crippen LogP contribution in [0.5, 0.6) is 0 Å². The van der Waals surface area contributed by atoms with Crippen molar-refractivity contribution in [1.82, 2.24) is 15.5 Å². The molecule has 134 valence electrons. The van der Waals surface area contributed by atoms with E-state index < -0.39 is 0 Å². The molecule has 1 unspecified atom stereocenters. The van der Waals surface area contributed by atoms with E-state index in [0.717, 1.165) is 32.0 Å². The highest BCUT2D eigenvalue weighted by Gasteiger charge is 2.20. The molecule has 1 atom stereocenters. The number of aliphatic imine (C=N–C) groups is 1. The minimum absolute atomic E-state index is 0.249. The lowest BCUT2D eigenvalue weighted by Crippen LogP contribution is -2.42. The zero-order valence-corrected chi connectivity index (χ0v) is 15.9. The summed E-state index contributed by atoms with van der Waals surface area (Å²) >= 11 is 1.77. The van der Waals surface area contributed by atoms with Crippen molar-refractivity contribution < 1.29 is 4.79 Å². The molecule has 1 saturated heterocycles. The van der Waals surface area contributed by atoms with Gasteiger partial charge in [-0.15, -0.1) is 11.3 Å². The number of hydrogen-bond acceptors (Lipinski definition) is 3. The summed E-state index contributed by atoms with van der Waals surface area (Å²) in [7, 11) is 0. The van der Waals surface area contributed by atoms with Gasteiger partial charge in [0, 0.05) is 42.4 Å². The zero-order valence-electron chi connectivity index (χ0n) is 15.1. The number of nitrogens with zero attached hydrogens (tertiary/aromatic N) is 2. The Morgan fingerprint density at radius 1 is 1.42 bits per heavy atom. The summed E-state index contributed by atoms with van der Waals surface area (Å²) < 4.78 is 0. The van der Waals surface area contributed by atoms with Crippen LogP contribution >= 0.6 is 11.3 Å². The number of aryl methyl sites for hydroxylation is 1. The largest absolute Gasteiger partial charge is 0.357 e. The van der Waals surface area contributed by atoms with Crippen LogP contribution in [0.4, 0.5) is 0 Å². The van der Waals surface area contributed by atoms with Crippen molar-refractivity contribution in [3.8, 4) is 0 Å². The minimum atomic E-state index is 0.249. The second kappa shape index (κ2) is 9.67. The average Bonchev–Trinajstić information content (AvgIpc) is 2.98. The topological polar surface area (TPSA) is 56.7 Å². The van der Waals surface area contributed by atoms with Gasteiger partial charge in [0.05, 0.1) is 6.54 Å². The summed E-state index contributed by atoms with van der Waals surface area (Å²) in [5, 5.41) is 6.51. The van der Waals surface area contributed by atoms with E-state index in [0.29, 0.717) is 25.4 Å². The van der Waals surface area contributed by atoms with E-state index in [1.807, 2.05) is 11.8 Å². The number of hydrogen-bond donors (Lipinski definition) is 2. The molecule has 2 rings (SSSR count). The third-order valence-electron chi connectivity index (χ3n) is 4.17. The van der Waals surface area contributed by atoms with Gasteiger partial charge in [-0.1, -0.05) is 6.92 Å². The van der Waals surface area contributed by atoms with Gasteiger partial charge in [-0.25, -0.2) is 4.99 Å². The summed E-state index contributed by atoms with van der Waals surface area (Å²) in [6.45, 7) is 10.3. The molecular weight excluding hydrogens is 320 g/mol. The predicted octanol–water partition coefficient (Wildman–Crippen LogP) is 2.76. The molecule has 6 heteroatoms. The Morgan fingerprint density at radius 2 is 2.25 bits per heavy atom. The van der Waals surface area contributed by atoms with E-state index in [1.165, 1.54) is 16.2 Å². The molecule has 2 heterocycles. The number of amides is 1. The van der Waals surface area contributed by atoms with Crippen molar-refractivity contribution in [2.24, 2.45) is 10.9 Å². The van der Waals surface area contributed by atoms with Gasteiger partial charge in [-0.05, 0) is 44.7 Å². The summed E-state index contributed by atoms with van der Waals surface area (Å²) in [4.78, 5) is 21.5. The van der Waals surface area contributed by atoms with Crippen molar-refractivity contribution >= 4 is 23.2 Å². The van der Waals surface area contributed by atoms with E-state index in [1.54, 1.807) is 11.3 Å². The molecule has 1 fully saturated rings. The molecule has 0 aromatic carbocycles. The highest BCUT2D eigenvalue weighted by atomic mass is 32.1. The van der Waals surface area contributed by atoms with E-state index in [2.05, 4.69) is 41.6 Å². The van der Waals surface area contributed by atoms with Crippen LogP contribution in [0, 0.1) is 12.8 Å². The monoisotopic (exact) mass is 350 g/mol. The molecule has 0 bridgehead atoms. The summed E-state index contributed by atoms with van der Waals surface area (Å²) in [5.41, 5.74) is 0. The molecule has 0 spiro atoms. The maximum Gasteiger partial charge on any atom is 0.224 e. The van der Waals surface area contributed by atoms with Gasteiger partial charge < -0.3 is 15.5 Å². The normalized spacial score (nSPS) is 18.5. The first-order valence-corrected chi connectivity index (χ1v) is 9.75. The van der Waals surface area contributed by atoms with Crippen LogP contribution in [-0.4, -0.2) is 42.9 Å². The van der Waals surface area contributed by atoms with Crippen LogP contribution in [0.15, 0.2) is 17.1 Å². The molecule has 5 nitrogen and oxygen atoms in total. The number of guanidine groups is 1. The van der Waals surface area contributed by atoms with E-state index in [4.69, 9.17) is 0 Å². The third-order valence-corrected chi connectivity index (χ3v) is 5.16. The number of carbonyl (C=O) groups is 1. The first kappa shape index (κ1) is 18.8. The Kier molecular flexibility index (Phi) is 7.56. The number of piperidine rings is 1. The van der Waals surface area contributed by atoms with E-state index in [9.17, 15) is 4.79 Å². The molecule has 0 radical (unpaired) electrons. The first-order chi connectivity index (χ1) is 11.6. The van der Waals surface area contributed by atoms with Gasteiger partial charge in [-0.3, -0.25) is 4.79 Å². The third kappa shape index (κ3) is 6.15. The Labute approximate surface area is 149 Å².